The van der Waals surface area contributed by atoms with Gasteiger partial charge in [0.1, 0.15) is 12.4 Å². The predicted octanol–water partition coefficient (Wildman–Crippen LogP) is 4.92. The molecule has 0 saturated carbocycles. The summed E-state index contributed by atoms with van der Waals surface area (Å²) in [6.07, 6.45) is 0. The molecule has 28 heavy (non-hydrogen) atoms. The highest BCUT2D eigenvalue weighted by molar-refractivity contribution is 6.02. The molecule has 3 aromatic rings. The lowest BCUT2D eigenvalue weighted by Gasteiger charge is -2.15. The number of hydrogen-bond donors (Lipinski definition) is 0. The Hall–Kier alpha value is -3.40. The van der Waals surface area contributed by atoms with Gasteiger partial charge in [-0.3, -0.25) is 4.79 Å². The average molecular weight is 374 g/mol. The molecule has 0 aliphatic carbocycles. The van der Waals surface area contributed by atoms with Crippen LogP contribution in [0.15, 0.2) is 72.8 Å². The number of rotatable bonds is 7. The molecule has 0 N–H and O–H groups in total. The summed E-state index contributed by atoms with van der Waals surface area (Å²) in [6.45, 7) is 3.83. The Morgan fingerprint density at radius 3 is 2.18 bits per heavy atom. The molecule has 0 fully saturated rings. The molecule has 4 heteroatoms. The quantitative estimate of drug-likeness (QED) is 0.435. The normalized spacial score (nSPS) is 10.4. The van der Waals surface area contributed by atoms with Gasteiger partial charge in [0.05, 0.1) is 11.1 Å². The van der Waals surface area contributed by atoms with Crippen molar-refractivity contribution in [2.24, 2.45) is 0 Å². The van der Waals surface area contributed by atoms with Gasteiger partial charge >= 0.3 is 5.97 Å². The first-order valence-corrected chi connectivity index (χ1v) is 9.08. The molecule has 0 amide bonds. The molecule has 0 heterocycles. The van der Waals surface area contributed by atoms with Gasteiger partial charge in [0.15, 0.2) is 6.61 Å². The highest BCUT2D eigenvalue weighted by atomic mass is 16.5. The van der Waals surface area contributed by atoms with Gasteiger partial charge in [0, 0.05) is 0 Å². The van der Waals surface area contributed by atoms with Gasteiger partial charge in [-0.15, -0.1) is 0 Å². The van der Waals surface area contributed by atoms with Gasteiger partial charge in [0.25, 0.3) is 0 Å². The second kappa shape index (κ2) is 9.00. The molecule has 0 bridgehead atoms. The minimum Gasteiger partial charge on any atom is -0.488 e. The van der Waals surface area contributed by atoms with Crippen molar-refractivity contribution >= 4 is 11.8 Å². The van der Waals surface area contributed by atoms with Gasteiger partial charge in [-0.2, -0.15) is 0 Å². The van der Waals surface area contributed by atoms with Gasteiger partial charge < -0.3 is 9.47 Å². The Balaban J connectivity index is 1.74. The standard InChI is InChI=1S/C24H22O4/c1-17-13-18(2)23(22(14-17)27-15-19-9-5-3-6-10-19)21(25)16-28-24(26)20-11-7-4-8-12-20/h3-14H,15-16H2,1-2H3. The average Bonchev–Trinajstić information content (AvgIpc) is 2.71. The summed E-state index contributed by atoms with van der Waals surface area (Å²) in [4.78, 5) is 24.9. The predicted molar refractivity (Wildman–Crippen MR) is 108 cm³/mol. The van der Waals surface area contributed by atoms with E-state index in [0.29, 0.717) is 23.5 Å². The third-order valence-corrected chi connectivity index (χ3v) is 4.30. The van der Waals surface area contributed by atoms with Crippen LogP contribution in [-0.4, -0.2) is 18.4 Å². The molecular formula is C24H22O4. The zero-order valence-electron chi connectivity index (χ0n) is 16.0. The number of ether oxygens (including phenoxy) is 2. The van der Waals surface area contributed by atoms with Crippen LogP contribution in [-0.2, 0) is 11.3 Å². The molecule has 0 aliphatic heterocycles. The van der Waals surface area contributed by atoms with E-state index in [2.05, 4.69) is 0 Å². The van der Waals surface area contributed by atoms with Crippen molar-refractivity contribution in [3.8, 4) is 5.75 Å². The maximum atomic E-state index is 12.8. The first-order valence-electron chi connectivity index (χ1n) is 9.08. The van der Waals surface area contributed by atoms with Crippen LogP contribution in [0.1, 0.15) is 37.4 Å². The SMILES string of the molecule is Cc1cc(C)c(C(=O)COC(=O)c2ccccc2)c(OCc2ccccc2)c1. The zero-order chi connectivity index (χ0) is 19.9. The number of carbonyl (C=O) groups excluding carboxylic acids is 2. The summed E-state index contributed by atoms with van der Waals surface area (Å²) in [7, 11) is 0. The lowest BCUT2D eigenvalue weighted by atomic mass is 10.0. The minimum atomic E-state index is -0.523. The Kier molecular flexibility index (Phi) is 6.22. The Morgan fingerprint density at radius 2 is 1.50 bits per heavy atom. The third-order valence-electron chi connectivity index (χ3n) is 4.30. The van der Waals surface area contributed by atoms with Crippen LogP contribution >= 0.6 is 0 Å². The monoisotopic (exact) mass is 374 g/mol. The van der Waals surface area contributed by atoms with Gasteiger partial charge in [-0.05, 0) is 48.7 Å². The lowest BCUT2D eigenvalue weighted by Crippen LogP contribution is -2.16. The van der Waals surface area contributed by atoms with E-state index in [4.69, 9.17) is 9.47 Å². The van der Waals surface area contributed by atoms with Crippen molar-refractivity contribution in [3.63, 3.8) is 0 Å². The van der Waals surface area contributed by atoms with Crippen molar-refractivity contribution in [1.29, 1.82) is 0 Å². The van der Waals surface area contributed by atoms with E-state index in [1.807, 2.05) is 62.4 Å². The van der Waals surface area contributed by atoms with Crippen molar-refractivity contribution in [2.45, 2.75) is 20.5 Å². The molecule has 4 nitrogen and oxygen atoms in total. The van der Waals surface area contributed by atoms with Crippen LogP contribution in [0.3, 0.4) is 0 Å². The fourth-order valence-electron chi connectivity index (χ4n) is 3.00. The number of carbonyl (C=O) groups is 2. The Bertz CT molecular complexity index is 963. The summed E-state index contributed by atoms with van der Waals surface area (Å²) in [6, 6.07) is 22.1. The van der Waals surface area contributed by atoms with E-state index in [0.717, 1.165) is 16.7 Å². The minimum absolute atomic E-state index is 0.287. The maximum absolute atomic E-state index is 12.8. The summed E-state index contributed by atoms with van der Waals surface area (Å²) in [5.74, 6) is -0.308. The topological polar surface area (TPSA) is 52.6 Å². The zero-order valence-corrected chi connectivity index (χ0v) is 16.0. The third kappa shape index (κ3) is 4.86. The Morgan fingerprint density at radius 1 is 0.857 bits per heavy atom. The van der Waals surface area contributed by atoms with Crippen LogP contribution in [0.4, 0.5) is 0 Å². The molecule has 3 rings (SSSR count). The fraction of sp³-hybridized carbons (Fsp3) is 0.167. The van der Waals surface area contributed by atoms with E-state index >= 15 is 0 Å². The summed E-state index contributed by atoms with van der Waals surface area (Å²) < 4.78 is 11.1. The molecule has 142 valence electrons. The number of Topliss-reactive ketones (excluding diaryl/α,β-unsaturated/α-hetero) is 1. The molecule has 0 radical (unpaired) electrons. The van der Waals surface area contributed by atoms with Crippen molar-refractivity contribution in [3.05, 3.63) is 101 Å². The fourth-order valence-corrected chi connectivity index (χ4v) is 3.00. The van der Waals surface area contributed by atoms with Gasteiger partial charge in [-0.1, -0.05) is 54.6 Å². The van der Waals surface area contributed by atoms with E-state index in [9.17, 15) is 9.59 Å². The second-order valence-corrected chi connectivity index (χ2v) is 6.59. The number of esters is 1. The van der Waals surface area contributed by atoms with E-state index < -0.39 is 5.97 Å². The molecule has 0 spiro atoms. The van der Waals surface area contributed by atoms with Crippen LogP contribution < -0.4 is 4.74 Å². The maximum Gasteiger partial charge on any atom is 0.338 e. The van der Waals surface area contributed by atoms with Crippen LogP contribution in [0.2, 0.25) is 0 Å². The number of benzene rings is 3. The van der Waals surface area contributed by atoms with Crippen molar-refractivity contribution in [1.82, 2.24) is 0 Å². The molecule has 0 atom stereocenters. The molecular weight excluding hydrogens is 352 g/mol. The first-order chi connectivity index (χ1) is 13.5. The summed E-state index contributed by atoms with van der Waals surface area (Å²) in [5, 5.41) is 0. The summed E-state index contributed by atoms with van der Waals surface area (Å²) in [5.41, 5.74) is 3.66. The van der Waals surface area contributed by atoms with E-state index in [1.165, 1.54) is 0 Å². The molecule has 3 aromatic carbocycles. The molecule has 0 saturated heterocycles. The summed E-state index contributed by atoms with van der Waals surface area (Å²) >= 11 is 0. The highest BCUT2D eigenvalue weighted by Crippen LogP contribution is 2.26. The molecule has 0 aromatic heterocycles. The number of aryl methyl sites for hydroxylation is 2. The largest absolute Gasteiger partial charge is 0.488 e. The highest BCUT2D eigenvalue weighted by Gasteiger charge is 2.19. The number of hydrogen-bond acceptors (Lipinski definition) is 4. The van der Waals surface area contributed by atoms with E-state index in [1.54, 1.807) is 24.3 Å². The first kappa shape index (κ1) is 19.4. The second-order valence-electron chi connectivity index (χ2n) is 6.59. The molecule has 0 unspecified atom stereocenters. The van der Waals surface area contributed by atoms with Crippen LogP contribution in [0.5, 0.6) is 5.75 Å². The van der Waals surface area contributed by atoms with Crippen LogP contribution in [0.25, 0.3) is 0 Å². The van der Waals surface area contributed by atoms with Crippen molar-refractivity contribution < 1.29 is 19.1 Å². The van der Waals surface area contributed by atoms with E-state index in [-0.39, 0.29) is 12.4 Å². The van der Waals surface area contributed by atoms with Crippen molar-refractivity contribution in [2.75, 3.05) is 6.61 Å². The van der Waals surface area contributed by atoms with Gasteiger partial charge in [0.2, 0.25) is 5.78 Å². The Labute approximate surface area is 164 Å². The molecule has 0 aliphatic rings. The lowest BCUT2D eigenvalue weighted by molar-refractivity contribution is 0.0473. The van der Waals surface area contributed by atoms with Crippen LogP contribution in [0, 0.1) is 13.8 Å². The van der Waals surface area contributed by atoms with Gasteiger partial charge in [-0.25, -0.2) is 4.79 Å². The smallest absolute Gasteiger partial charge is 0.338 e. The number of ketones is 1.